The fraction of sp³-hybridized carbons (Fsp3) is 0.500. The van der Waals surface area contributed by atoms with Gasteiger partial charge in [0.15, 0.2) is 0 Å². The van der Waals surface area contributed by atoms with E-state index in [0.29, 0.717) is 0 Å². The van der Waals surface area contributed by atoms with Gasteiger partial charge in [-0.2, -0.15) is 5.10 Å². The van der Waals surface area contributed by atoms with Crippen molar-refractivity contribution in [2.45, 2.75) is 80.2 Å². The number of rotatable bonds is 8. The number of hydrogen-bond acceptors (Lipinski definition) is 5. The van der Waals surface area contributed by atoms with Gasteiger partial charge in [0.05, 0.1) is 12.2 Å². The van der Waals surface area contributed by atoms with E-state index in [4.69, 9.17) is 10.1 Å². The second kappa shape index (κ2) is 17.8. The summed E-state index contributed by atoms with van der Waals surface area (Å²) in [5, 5.41) is 8.69. The van der Waals surface area contributed by atoms with E-state index in [0.717, 1.165) is 63.4 Å². The molecule has 6 nitrogen and oxygen atoms in total. The van der Waals surface area contributed by atoms with Crippen LogP contribution in [0.1, 0.15) is 74.2 Å². The van der Waals surface area contributed by atoms with Crippen molar-refractivity contribution in [1.82, 2.24) is 19.6 Å². The fourth-order valence-corrected chi connectivity index (χ4v) is 6.74. The lowest BCUT2D eigenvalue weighted by molar-refractivity contribution is 0.262. The molecule has 1 aromatic carbocycles. The summed E-state index contributed by atoms with van der Waals surface area (Å²) in [4.78, 5) is 12.7. The number of thiophene rings is 1. The van der Waals surface area contributed by atoms with Crippen molar-refractivity contribution in [2.75, 3.05) is 45.1 Å². The van der Waals surface area contributed by atoms with Crippen LogP contribution in [-0.2, 0) is 19.4 Å². The molecule has 7 heteroatoms. The Labute approximate surface area is 264 Å². The molecular weight excluding hydrogens is 549 g/mol. The zero-order chi connectivity index (χ0) is 31.2. The number of unbranched alkanes of at least 4 members (excludes halogenated alkanes) is 1. The number of amidine groups is 1. The van der Waals surface area contributed by atoms with Gasteiger partial charge in [-0.3, -0.25) is 4.68 Å². The topological polar surface area (TPSA) is 48.7 Å². The van der Waals surface area contributed by atoms with Gasteiger partial charge >= 0.3 is 0 Å². The summed E-state index contributed by atoms with van der Waals surface area (Å²) in [6, 6.07) is 8.54. The van der Waals surface area contributed by atoms with Crippen LogP contribution in [-0.4, -0.2) is 65.2 Å². The van der Waals surface area contributed by atoms with Gasteiger partial charge in [0.1, 0.15) is 5.84 Å². The zero-order valence-corrected chi connectivity index (χ0v) is 28.4. The molecule has 0 saturated carbocycles. The van der Waals surface area contributed by atoms with Crippen molar-refractivity contribution in [3.8, 4) is 22.8 Å². The number of fused-ring (bicyclic) bond motifs is 3. The molecule has 43 heavy (non-hydrogen) atoms. The Bertz CT molecular complexity index is 1390. The van der Waals surface area contributed by atoms with Gasteiger partial charge in [0, 0.05) is 58.6 Å². The highest BCUT2D eigenvalue weighted by Crippen LogP contribution is 2.42. The Morgan fingerprint density at radius 1 is 1.14 bits per heavy atom. The molecular formula is C36H52N6S. The summed E-state index contributed by atoms with van der Waals surface area (Å²) >= 11 is 1.89. The standard InChI is InChI=1S/C31H42N6S.C3H4.C2H6/c1-5-6-7-14-32-31(33-25-11-8-10-23(2)21-25)29-24(3)38-30-26(29)12-13-28-27(30)22-37(34-28)20-19-36-16-9-15-35(4)17-18-36;1-3-2;1-2/h7-8,10-11,14,21-22H,5-6,9,12-13,15-20H2,1-4H3,(H,32,33);1H,2H3;1-2H3/b14-7+;;. The largest absolute Gasteiger partial charge is 0.340 e. The number of nitrogens with one attached hydrogen (secondary N) is 1. The third-order valence-electron chi connectivity index (χ3n) is 7.62. The molecule has 1 saturated heterocycles. The Hall–Kier alpha value is -3.18. The average molecular weight is 601 g/mol. The first-order chi connectivity index (χ1) is 20.9. The molecule has 2 aromatic heterocycles. The fourth-order valence-electron chi connectivity index (χ4n) is 5.51. The highest BCUT2D eigenvalue weighted by Gasteiger charge is 2.28. The van der Waals surface area contributed by atoms with Crippen LogP contribution in [0.4, 0.5) is 5.69 Å². The van der Waals surface area contributed by atoms with Gasteiger partial charge < -0.3 is 15.1 Å². The van der Waals surface area contributed by atoms with Crippen LogP contribution in [0.5, 0.6) is 0 Å². The number of benzene rings is 1. The summed E-state index contributed by atoms with van der Waals surface area (Å²) in [5.41, 5.74) is 7.56. The number of aryl methyl sites for hydroxylation is 3. The average Bonchev–Trinajstić information content (AvgIpc) is 3.50. The van der Waals surface area contributed by atoms with Gasteiger partial charge in [0.25, 0.3) is 0 Å². The quantitative estimate of drug-likeness (QED) is 0.163. The van der Waals surface area contributed by atoms with Gasteiger partial charge in [-0.25, -0.2) is 4.99 Å². The van der Waals surface area contributed by atoms with Crippen LogP contribution in [0.25, 0.3) is 10.4 Å². The zero-order valence-electron chi connectivity index (χ0n) is 27.5. The van der Waals surface area contributed by atoms with Gasteiger partial charge in [0.2, 0.25) is 0 Å². The minimum absolute atomic E-state index is 0.944. The molecule has 3 aromatic rings. The maximum absolute atomic E-state index is 5.03. The highest BCUT2D eigenvalue weighted by atomic mass is 32.1. The molecule has 0 atom stereocenters. The predicted molar refractivity (Wildman–Crippen MR) is 187 cm³/mol. The number of anilines is 1. The molecule has 0 spiro atoms. The molecule has 0 unspecified atom stereocenters. The molecule has 1 aliphatic carbocycles. The first-order valence-corrected chi connectivity index (χ1v) is 16.8. The number of nitrogens with zero attached hydrogens (tertiary/aromatic N) is 5. The van der Waals surface area contributed by atoms with Crippen molar-refractivity contribution in [1.29, 1.82) is 0 Å². The minimum Gasteiger partial charge on any atom is -0.340 e. The Balaban J connectivity index is 0.000000953. The van der Waals surface area contributed by atoms with Crippen LogP contribution in [0.2, 0.25) is 0 Å². The highest BCUT2D eigenvalue weighted by molar-refractivity contribution is 7.16. The molecule has 5 rings (SSSR count). The smallest absolute Gasteiger partial charge is 0.139 e. The van der Waals surface area contributed by atoms with Crippen molar-refractivity contribution < 1.29 is 0 Å². The maximum Gasteiger partial charge on any atom is 0.139 e. The molecule has 3 heterocycles. The second-order valence-corrected chi connectivity index (χ2v) is 12.3. The molecule has 1 fully saturated rings. The van der Waals surface area contributed by atoms with Crippen LogP contribution in [0, 0.1) is 26.2 Å². The van der Waals surface area contributed by atoms with Gasteiger partial charge in [-0.05, 0) is 89.9 Å². The maximum atomic E-state index is 5.03. The predicted octanol–water partition coefficient (Wildman–Crippen LogP) is 7.80. The molecule has 0 radical (unpaired) electrons. The van der Waals surface area contributed by atoms with Crippen LogP contribution in [0.15, 0.2) is 47.7 Å². The summed E-state index contributed by atoms with van der Waals surface area (Å²) in [6.45, 7) is 18.9. The summed E-state index contributed by atoms with van der Waals surface area (Å²) < 4.78 is 2.19. The lowest BCUT2D eigenvalue weighted by atomic mass is 9.93. The lowest BCUT2D eigenvalue weighted by Crippen LogP contribution is -2.31. The van der Waals surface area contributed by atoms with Gasteiger partial charge in [-0.1, -0.05) is 45.4 Å². The molecule has 1 N–H and O–H groups in total. The molecule has 0 bridgehead atoms. The number of allylic oxidation sites excluding steroid dienone is 1. The van der Waals surface area contributed by atoms with E-state index in [1.54, 1.807) is 6.92 Å². The van der Waals surface area contributed by atoms with Crippen molar-refractivity contribution in [3.63, 3.8) is 0 Å². The normalized spacial score (nSPS) is 15.3. The van der Waals surface area contributed by atoms with Crippen LogP contribution in [0.3, 0.4) is 0 Å². The molecule has 0 amide bonds. The van der Waals surface area contributed by atoms with Crippen LogP contribution < -0.4 is 5.32 Å². The van der Waals surface area contributed by atoms with E-state index in [1.165, 1.54) is 57.2 Å². The number of terminal acetylenes is 1. The molecule has 1 aliphatic heterocycles. The lowest BCUT2D eigenvalue weighted by Gasteiger charge is -2.19. The third kappa shape index (κ3) is 9.66. The number of hydrogen-bond donors (Lipinski definition) is 1. The first-order valence-electron chi connectivity index (χ1n) is 16.0. The van der Waals surface area contributed by atoms with E-state index >= 15 is 0 Å². The number of likely N-dealkylation sites (N-methyl/N-ethyl adjacent to an activating group) is 1. The Morgan fingerprint density at radius 2 is 1.93 bits per heavy atom. The first kappa shape index (κ1) is 34.3. The minimum atomic E-state index is 0.944. The van der Waals surface area contributed by atoms with E-state index in [1.807, 2.05) is 31.4 Å². The van der Waals surface area contributed by atoms with Gasteiger partial charge in [-0.15, -0.1) is 23.7 Å². The monoisotopic (exact) mass is 600 g/mol. The Morgan fingerprint density at radius 3 is 2.67 bits per heavy atom. The van der Waals surface area contributed by atoms with E-state index in [2.05, 4.69) is 96.5 Å². The van der Waals surface area contributed by atoms with Crippen molar-refractivity contribution in [3.05, 3.63) is 70.0 Å². The van der Waals surface area contributed by atoms with Crippen molar-refractivity contribution >= 4 is 22.9 Å². The summed E-state index contributed by atoms with van der Waals surface area (Å²) in [7, 11) is 2.23. The van der Waals surface area contributed by atoms with Crippen LogP contribution >= 0.6 is 11.3 Å². The summed E-state index contributed by atoms with van der Waals surface area (Å²) in [5.74, 6) is 3.19. The number of aromatic nitrogens is 2. The van der Waals surface area contributed by atoms with E-state index in [-0.39, 0.29) is 0 Å². The summed E-state index contributed by atoms with van der Waals surface area (Å²) in [6.07, 6.45) is 16.4. The van der Waals surface area contributed by atoms with E-state index in [9.17, 15) is 0 Å². The van der Waals surface area contributed by atoms with E-state index < -0.39 is 0 Å². The third-order valence-corrected chi connectivity index (χ3v) is 8.80. The second-order valence-electron chi connectivity index (χ2n) is 11.0. The number of aliphatic imine (C=N–C) groups is 1. The molecule has 2 aliphatic rings. The Kier molecular flexibility index (Phi) is 14.2. The van der Waals surface area contributed by atoms with Crippen molar-refractivity contribution in [2.24, 2.45) is 4.99 Å². The molecule has 232 valence electrons. The SMILES string of the molecule is C#CC.CC.CCC/C=C/N=C(Nc1cccc(C)c1)c1c(C)sc2c1CCc1nn(CCN3CCCN(C)CC3)cc1-2.